The Bertz CT molecular complexity index is 568. The number of benzene rings is 1. The van der Waals surface area contributed by atoms with Crippen LogP contribution >= 0.6 is 27.5 Å². The van der Waals surface area contributed by atoms with Gasteiger partial charge < -0.3 is 4.74 Å². The van der Waals surface area contributed by atoms with Crippen LogP contribution in [-0.2, 0) is 6.42 Å². The van der Waals surface area contributed by atoms with Gasteiger partial charge in [0, 0.05) is 0 Å². The van der Waals surface area contributed by atoms with Crippen LogP contribution in [-0.4, -0.2) is 6.61 Å². The lowest BCUT2D eigenvalue weighted by atomic mass is 9.92. The van der Waals surface area contributed by atoms with Crippen molar-refractivity contribution in [3.63, 3.8) is 0 Å². The van der Waals surface area contributed by atoms with E-state index in [-0.39, 0.29) is 0 Å². The zero-order chi connectivity index (χ0) is 18.7. The predicted molar refractivity (Wildman–Crippen MR) is 111 cm³/mol. The van der Waals surface area contributed by atoms with Gasteiger partial charge in [-0.3, -0.25) is 0 Å². The molecular weight excluding hydrogens is 398 g/mol. The predicted octanol–water partition coefficient (Wildman–Crippen LogP) is 7.69. The van der Waals surface area contributed by atoms with E-state index in [4.69, 9.17) is 16.3 Å². The maximum atomic E-state index is 9.26. The average Bonchev–Trinajstić information content (AvgIpc) is 2.60. The fraction of sp³-hybridized carbons (Fsp3) is 0.667. The maximum absolute atomic E-state index is 9.26. The van der Waals surface area contributed by atoms with E-state index < -0.39 is 0 Å². The third-order valence-corrected chi connectivity index (χ3v) is 5.81. The molecule has 4 heteroatoms. The summed E-state index contributed by atoms with van der Waals surface area (Å²) < 4.78 is 6.47. The zero-order valence-electron chi connectivity index (χ0n) is 15.8. The molecule has 0 bridgehead atoms. The van der Waals surface area contributed by atoms with Crippen molar-refractivity contribution in [2.45, 2.75) is 78.6 Å². The van der Waals surface area contributed by atoms with Crippen LogP contribution in [0.25, 0.3) is 0 Å². The Morgan fingerprint density at radius 3 is 2.48 bits per heavy atom. The summed E-state index contributed by atoms with van der Waals surface area (Å²) in [5.74, 6) is 1.59. The first kappa shape index (κ1) is 22.3. The summed E-state index contributed by atoms with van der Waals surface area (Å²) in [5, 5.41) is 9.76. The van der Waals surface area contributed by atoms with Gasteiger partial charge in [0.2, 0.25) is 0 Å². The minimum atomic E-state index is 0.455. The van der Waals surface area contributed by atoms with Crippen molar-refractivity contribution in [1.82, 2.24) is 0 Å². The highest BCUT2D eigenvalue weighted by Crippen LogP contribution is 2.38. The van der Waals surface area contributed by atoms with E-state index in [9.17, 15) is 5.26 Å². The summed E-state index contributed by atoms with van der Waals surface area (Å²) in [6, 6.07) is 4.05. The summed E-state index contributed by atoms with van der Waals surface area (Å²) >= 11 is 9.76. The Morgan fingerprint density at radius 1 is 1.16 bits per heavy atom. The SMILES string of the molecule is CCCCCCC(CC)CCCc1cc(Cl)c(C#N)c(Br)c1OCC. The zero-order valence-corrected chi connectivity index (χ0v) is 18.2. The van der Waals surface area contributed by atoms with Crippen LogP contribution in [0.4, 0.5) is 0 Å². The monoisotopic (exact) mass is 427 g/mol. The lowest BCUT2D eigenvalue weighted by Gasteiger charge is -2.17. The van der Waals surface area contributed by atoms with Crippen LogP contribution in [0.2, 0.25) is 5.02 Å². The first-order valence-electron chi connectivity index (χ1n) is 9.62. The third kappa shape index (κ3) is 7.19. The molecule has 1 aromatic rings. The van der Waals surface area contributed by atoms with E-state index >= 15 is 0 Å². The molecule has 0 radical (unpaired) electrons. The van der Waals surface area contributed by atoms with Crippen molar-refractivity contribution in [2.75, 3.05) is 6.61 Å². The number of rotatable bonds is 12. The summed E-state index contributed by atoms with van der Waals surface area (Å²) in [6.07, 6.45) is 11.3. The van der Waals surface area contributed by atoms with Crippen molar-refractivity contribution in [1.29, 1.82) is 5.26 Å². The first-order chi connectivity index (χ1) is 12.1. The topological polar surface area (TPSA) is 33.0 Å². The van der Waals surface area contributed by atoms with Crippen molar-refractivity contribution in [2.24, 2.45) is 5.92 Å². The number of halogens is 2. The fourth-order valence-electron chi connectivity index (χ4n) is 3.23. The summed E-state index contributed by atoms with van der Waals surface area (Å²) in [6.45, 7) is 7.09. The van der Waals surface area contributed by atoms with Gasteiger partial charge in [0.15, 0.2) is 0 Å². The molecule has 0 N–H and O–H groups in total. The molecule has 25 heavy (non-hydrogen) atoms. The summed E-state index contributed by atoms with van der Waals surface area (Å²) in [5.41, 5.74) is 1.55. The molecule has 0 heterocycles. The molecule has 0 saturated heterocycles. The quantitative estimate of drug-likeness (QED) is 0.320. The molecule has 0 fully saturated rings. The first-order valence-corrected chi connectivity index (χ1v) is 10.8. The molecule has 1 unspecified atom stereocenters. The highest BCUT2D eigenvalue weighted by Gasteiger charge is 2.17. The van der Waals surface area contributed by atoms with E-state index in [2.05, 4.69) is 35.8 Å². The van der Waals surface area contributed by atoms with Crippen LogP contribution in [0.15, 0.2) is 10.5 Å². The van der Waals surface area contributed by atoms with Crippen molar-refractivity contribution >= 4 is 27.5 Å². The van der Waals surface area contributed by atoms with E-state index in [0.717, 1.165) is 30.1 Å². The molecule has 0 saturated carbocycles. The highest BCUT2D eigenvalue weighted by atomic mass is 79.9. The molecule has 1 aromatic carbocycles. The van der Waals surface area contributed by atoms with Gasteiger partial charge in [-0.15, -0.1) is 0 Å². The Kier molecular flexibility index (Phi) is 11.3. The number of hydrogen-bond donors (Lipinski definition) is 0. The average molecular weight is 429 g/mol. The van der Waals surface area contributed by atoms with Crippen LogP contribution in [0, 0.1) is 17.2 Å². The number of ether oxygens (including phenoxy) is 1. The molecule has 0 aliphatic carbocycles. The molecule has 0 spiro atoms. The fourth-order valence-corrected chi connectivity index (χ4v) is 4.29. The van der Waals surface area contributed by atoms with Crippen molar-refractivity contribution < 1.29 is 4.74 Å². The van der Waals surface area contributed by atoms with Crippen molar-refractivity contribution in [3.05, 3.63) is 26.7 Å². The second kappa shape index (κ2) is 12.6. The van der Waals surface area contributed by atoms with Crippen molar-refractivity contribution in [3.8, 4) is 11.8 Å². The van der Waals surface area contributed by atoms with Gasteiger partial charge in [0.05, 0.1) is 21.7 Å². The van der Waals surface area contributed by atoms with Gasteiger partial charge in [0.1, 0.15) is 11.8 Å². The molecule has 0 amide bonds. The smallest absolute Gasteiger partial charge is 0.138 e. The molecule has 140 valence electrons. The third-order valence-electron chi connectivity index (χ3n) is 4.75. The van der Waals surface area contributed by atoms with Gasteiger partial charge in [-0.1, -0.05) is 70.4 Å². The molecule has 0 aliphatic rings. The standard InChI is InChI=1S/C21H31BrClNO/c1-4-7-8-9-11-16(5-2)12-10-13-17-14-19(23)18(15-24)20(22)21(17)25-6-3/h14,16H,4-13H2,1-3H3. The molecular formula is C21H31BrClNO. The van der Waals surface area contributed by atoms with Crippen LogP contribution < -0.4 is 4.74 Å². The van der Waals surface area contributed by atoms with Gasteiger partial charge >= 0.3 is 0 Å². The van der Waals surface area contributed by atoms with E-state index in [1.807, 2.05) is 13.0 Å². The Morgan fingerprint density at radius 2 is 1.88 bits per heavy atom. The number of aryl methyl sites for hydroxylation is 1. The van der Waals surface area contributed by atoms with Gasteiger partial charge in [-0.05, 0) is 53.2 Å². The number of unbranched alkanes of at least 4 members (excludes halogenated alkanes) is 3. The second-order valence-corrected chi connectivity index (χ2v) is 7.80. The second-order valence-electron chi connectivity index (χ2n) is 6.60. The minimum absolute atomic E-state index is 0.455. The van der Waals surface area contributed by atoms with Gasteiger partial charge in [-0.2, -0.15) is 5.26 Å². The summed E-state index contributed by atoms with van der Waals surface area (Å²) in [7, 11) is 0. The Hall–Kier alpha value is -0.720. The number of hydrogen-bond acceptors (Lipinski definition) is 2. The molecule has 0 aromatic heterocycles. The number of nitrogens with zero attached hydrogens (tertiary/aromatic N) is 1. The normalized spacial score (nSPS) is 12.0. The van der Waals surface area contributed by atoms with Crippen LogP contribution in [0.1, 0.15) is 83.3 Å². The lowest BCUT2D eigenvalue weighted by molar-refractivity contribution is 0.332. The van der Waals surface area contributed by atoms with E-state index in [1.54, 1.807) is 0 Å². The van der Waals surface area contributed by atoms with E-state index in [0.29, 0.717) is 21.7 Å². The number of nitriles is 1. The van der Waals surface area contributed by atoms with Crippen LogP contribution in [0.5, 0.6) is 5.75 Å². The largest absolute Gasteiger partial charge is 0.492 e. The van der Waals surface area contributed by atoms with E-state index in [1.165, 1.54) is 44.9 Å². The Labute approximate surface area is 167 Å². The molecule has 1 rings (SSSR count). The Balaban J connectivity index is 2.68. The molecule has 2 nitrogen and oxygen atoms in total. The summed E-state index contributed by atoms with van der Waals surface area (Å²) in [4.78, 5) is 0. The highest BCUT2D eigenvalue weighted by molar-refractivity contribution is 9.10. The van der Waals surface area contributed by atoms with Gasteiger partial charge in [-0.25, -0.2) is 0 Å². The molecule has 0 aliphatic heterocycles. The maximum Gasteiger partial charge on any atom is 0.138 e. The molecule has 1 atom stereocenters. The minimum Gasteiger partial charge on any atom is -0.492 e. The lowest BCUT2D eigenvalue weighted by Crippen LogP contribution is -2.03. The van der Waals surface area contributed by atoms with Crippen LogP contribution in [0.3, 0.4) is 0 Å². The van der Waals surface area contributed by atoms with Gasteiger partial charge in [0.25, 0.3) is 0 Å².